The maximum absolute atomic E-state index is 12.8. The summed E-state index contributed by atoms with van der Waals surface area (Å²) in [5.74, 6) is 0.269. The van der Waals surface area contributed by atoms with E-state index in [4.69, 9.17) is 11.6 Å². The number of halogens is 4. The van der Waals surface area contributed by atoms with Crippen molar-refractivity contribution in [3.63, 3.8) is 0 Å². The number of hydrogen-bond donors (Lipinski definition) is 1. The van der Waals surface area contributed by atoms with E-state index in [2.05, 4.69) is 12.2 Å². The number of nitrogens with one attached hydrogen (secondary N) is 1. The molecule has 1 nitrogen and oxygen atoms in total. The summed E-state index contributed by atoms with van der Waals surface area (Å²) < 4.78 is 38.4. The summed E-state index contributed by atoms with van der Waals surface area (Å²) in [5.41, 5.74) is 0.853. The van der Waals surface area contributed by atoms with Crippen LogP contribution in [0.1, 0.15) is 29.5 Å². The van der Waals surface area contributed by atoms with Crippen molar-refractivity contribution in [2.24, 2.45) is 0 Å². The molecule has 2 aromatic rings. The molecule has 0 radical (unpaired) electrons. The molecule has 0 aliphatic heterocycles. The SMILES string of the molecule is C[C@H](CNCc1cccc(C(F)(F)F)c1Cl)c1ccccc1. The van der Waals surface area contributed by atoms with Gasteiger partial charge in [0, 0.05) is 13.1 Å². The van der Waals surface area contributed by atoms with E-state index in [-0.39, 0.29) is 10.9 Å². The first-order valence-electron chi connectivity index (χ1n) is 7.00. The quantitative estimate of drug-likeness (QED) is 0.790. The molecule has 0 amide bonds. The van der Waals surface area contributed by atoms with E-state index < -0.39 is 11.7 Å². The van der Waals surface area contributed by atoms with Gasteiger partial charge in [0.1, 0.15) is 0 Å². The largest absolute Gasteiger partial charge is 0.417 e. The lowest BCUT2D eigenvalue weighted by atomic mass is 10.0. The summed E-state index contributed by atoms with van der Waals surface area (Å²) in [4.78, 5) is 0. The van der Waals surface area contributed by atoms with Crippen molar-refractivity contribution in [1.29, 1.82) is 0 Å². The minimum Gasteiger partial charge on any atom is -0.312 e. The highest BCUT2D eigenvalue weighted by Crippen LogP contribution is 2.36. The highest BCUT2D eigenvalue weighted by Gasteiger charge is 2.33. The van der Waals surface area contributed by atoms with Crippen LogP contribution in [0.2, 0.25) is 5.02 Å². The smallest absolute Gasteiger partial charge is 0.312 e. The third-order valence-electron chi connectivity index (χ3n) is 3.52. The van der Waals surface area contributed by atoms with Crippen LogP contribution in [0, 0.1) is 0 Å². The Morgan fingerprint density at radius 3 is 2.36 bits per heavy atom. The topological polar surface area (TPSA) is 12.0 Å². The van der Waals surface area contributed by atoms with Gasteiger partial charge < -0.3 is 5.32 Å². The van der Waals surface area contributed by atoms with Crippen molar-refractivity contribution in [2.75, 3.05) is 6.54 Å². The summed E-state index contributed by atoms with van der Waals surface area (Å²) in [6.45, 7) is 3.03. The molecule has 0 unspecified atom stereocenters. The molecule has 0 aliphatic carbocycles. The first kappa shape index (κ1) is 16.8. The fourth-order valence-corrected chi connectivity index (χ4v) is 2.56. The second kappa shape index (κ2) is 7.16. The lowest BCUT2D eigenvalue weighted by Crippen LogP contribution is -2.20. The van der Waals surface area contributed by atoms with Gasteiger partial charge in [0.15, 0.2) is 0 Å². The van der Waals surface area contributed by atoms with Crippen molar-refractivity contribution >= 4 is 11.6 Å². The van der Waals surface area contributed by atoms with Crippen LogP contribution < -0.4 is 5.32 Å². The van der Waals surface area contributed by atoms with E-state index in [1.165, 1.54) is 11.6 Å². The predicted octanol–water partition coefficient (Wildman–Crippen LogP) is 5.25. The molecule has 0 spiro atoms. The summed E-state index contributed by atoms with van der Waals surface area (Å²) in [6.07, 6.45) is -4.43. The number of hydrogen-bond acceptors (Lipinski definition) is 1. The molecule has 0 aromatic heterocycles. The molecule has 1 N–H and O–H groups in total. The number of rotatable bonds is 5. The van der Waals surface area contributed by atoms with Crippen LogP contribution >= 0.6 is 11.6 Å². The monoisotopic (exact) mass is 327 g/mol. The van der Waals surface area contributed by atoms with Crippen molar-refractivity contribution in [1.82, 2.24) is 5.32 Å². The van der Waals surface area contributed by atoms with Crippen LogP contribution in [0.15, 0.2) is 48.5 Å². The van der Waals surface area contributed by atoms with E-state index in [9.17, 15) is 13.2 Å². The van der Waals surface area contributed by atoms with E-state index >= 15 is 0 Å². The van der Waals surface area contributed by atoms with Gasteiger partial charge in [-0.15, -0.1) is 0 Å². The fraction of sp³-hybridized carbons (Fsp3) is 0.294. The van der Waals surface area contributed by atoms with E-state index in [1.54, 1.807) is 6.07 Å². The molecule has 1 atom stereocenters. The van der Waals surface area contributed by atoms with Gasteiger partial charge in [0.05, 0.1) is 10.6 Å². The molecule has 118 valence electrons. The van der Waals surface area contributed by atoms with Crippen molar-refractivity contribution in [2.45, 2.75) is 25.6 Å². The lowest BCUT2D eigenvalue weighted by molar-refractivity contribution is -0.137. The highest BCUT2D eigenvalue weighted by molar-refractivity contribution is 6.32. The van der Waals surface area contributed by atoms with Crippen LogP contribution in [0.25, 0.3) is 0 Å². The number of alkyl halides is 3. The molecular formula is C17H17ClF3N. The van der Waals surface area contributed by atoms with Crippen molar-refractivity contribution in [3.8, 4) is 0 Å². The Labute approximate surface area is 133 Å². The summed E-state index contributed by atoms with van der Waals surface area (Å²) in [7, 11) is 0. The summed E-state index contributed by atoms with van der Waals surface area (Å²) >= 11 is 5.87. The highest BCUT2D eigenvalue weighted by atomic mass is 35.5. The normalized spacial score (nSPS) is 13.1. The first-order chi connectivity index (χ1) is 10.4. The van der Waals surface area contributed by atoms with Gasteiger partial charge in [-0.2, -0.15) is 13.2 Å². The third-order valence-corrected chi connectivity index (χ3v) is 3.97. The predicted molar refractivity (Wildman–Crippen MR) is 83.0 cm³/mol. The first-order valence-corrected chi connectivity index (χ1v) is 7.37. The Morgan fingerprint density at radius 2 is 1.73 bits per heavy atom. The molecule has 2 aromatic carbocycles. The molecule has 5 heteroatoms. The van der Waals surface area contributed by atoms with Crippen LogP contribution in [0.4, 0.5) is 13.2 Å². The second-order valence-electron chi connectivity index (χ2n) is 5.22. The number of benzene rings is 2. The van der Waals surface area contributed by atoms with Crippen LogP contribution in [0.5, 0.6) is 0 Å². The third kappa shape index (κ3) is 4.24. The minimum absolute atomic E-state index is 0.227. The maximum atomic E-state index is 12.8. The Morgan fingerprint density at radius 1 is 1.05 bits per heavy atom. The van der Waals surface area contributed by atoms with Gasteiger partial charge >= 0.3 is 6.18 Å². The van der Waals surface area contributed by atoms with Crippen LogP contribution in [-0.2, 0) is 12.7 Å². The Kier molecular flexibility index (Phi) is 5.48. The maximum Gasteiger partial charge on any atom is 0.417 e. The summed E-state index contributed by atoms with van der Waals surface area (Å²) in [6, 6.07) is 13.9. The summed E-state index contributed by atoms with van der Waals surface area (Å²) in [5, 5.41) is 2.94. The van der Waals surface area contributed by atoms with Gasteiger partial charge in [-0.1, -0.05) is 61.0 Å². The van der Waals surface area contributed by atoms with E-state index in [0.29, 0.717) is 18.7 Å². The standard InChI is InChI=1S/C17H17ClF3N/c1-12(13-6-3-2-4-7-13)10-22-11-14-8-5-9-15(16(14)18)17(19,20)21/h2-9,12,22H,10-11H2,1H3/t12-/m1/s1. The molecular weight excluding hydrogens is 311 g/mol. The van der Waals surface area contributed by atoms with E-state index in [0.717, 1.165) is 6.07 Å². The van der Waals surface area contributed by atoms with Crippen molar-refractivity contribution < 1.29 is 13.2 Å². The zero-order valence-corrected chi connectivity index (χ0v) is 12.9. The molecule has 0 heterocycles. The van der Waals surface area contributed by atoms with Crippen LogP contribution in [-0.4, -0.2) is 6.54 Å². The average Bonchev–Trinajstić information content (AvgIpc) is 2.48. The molecule has 22 heavy (non-hydrogen) atoms. The molecule has 0 bridgehead atoms. The molecule has 0 saturated heterocycles. The van der Waals surface area contributed by atoms with Gasteiger partial charge in [0.2, 0.25) is 0 Å². The zero-order chi connectivity index (χ0) is 16.2. The molecule has 2 rings (SSSR count). The Hall–Kier alpha value is -1.52. The van der Waals surface area contributed by atoms with Gasteiger partial charge in [-0.05, 0) is 23.1 Å². The lowest BCUT2D eigenvalue weighted by Gasteiger charge is -2.15. The van der Waals surface area contributed by atoms with Gasteiger partial charge in [0.25, 0.3) is 0 Å². The minimum atomic E-state index is -4.43. The zero-order valence-electron chi connectivity index (χ0n) is 12.1. The second-order valence-corrected chi connectivity index (χ2v) is 5.60. The molecule has 0 saturated carbocycles. The molecule has 0 aliphatic rings. The van der Waals surface area contributed by atoms with Crippen LogP contribution in [0.3, 0.4) is 0 Å². The van der Waals surface area contributed by atoms with Gasteiger partial charge in [-0.25, -0.2) is 0 Å². The Bertz CT molecular complexity index is 611. The van der Waals surface area contributed by atoms with Gasteiger partial charge in [-0.3, -0.25) is 0 Å². The molecule has 0 fully saturated rings. The Balaban J connectivity index is 1.98. The van der Waals surface area contributed by atoms with E-state index in [1.807, 2.05) is 30.3 Å². The van der Waals surface area contributed by atoms with Crippen molar-refractivity contribution in [3.05, 3.63) is 70.2 Å². The fourth-order valence-electron chi connectivity index (χ4n) is 2.26. The average molecular weight is 328 g/mol.